The number of esters is 1. The normalized spacial score (nSPS) is 22.8. The monoisotopic (exact) mass is 297 g/mol. The van der Waals surface area contributed by atoms with Crippen molar-refractivity contribution >= 4 is 11.9 Å². The van der Waals surface area contributed by atoms with Crippen LogP contribution in [0.5, 0.6) is 0 Å². The van der Waals surface area contributed by atoms with Crippen LogP contribution in [0.1, 0.15) is 46.0 Å². The second-order valence-corrected chi connectivity index (χ2v) is 6.07. The Morgan fingerprint density at radius 3 is 2.57 bits per heavy atom. The van der Waals surface area contributed by atoms with Gasteiger partial charge in [-0.25, -0.2) is 0 Å². The molecule has 0 aromatic rings. The third-order valence-electron chi connectivity index (χ3n) is 4.17. The van der Waals surface area contributed by atoms with Gasteiger partial charge in [0.2, 0.25) is 0 Å². The van der Waals surface area contributed by atoms with Gasteiger partial charge in [0.15, 0.2) is 5.96 Å². The van der Waals surface area contributed by atoms with E-state index in [9.17, 15) is 4.79 Å². The Morgan fingerprint density at radius 2 is 2.00 bits per heavy atom. The first-order valence-electron chi connectivity index (χ1n) is 8.13. The molecule has 0 spiro atoms. The van der Waals surface area contributed by atoms with Crippen molar-refractivity contribution in [3.05, 3.63) is 0 Å². The van der Waals surface area contributed by atoms with E-state index in [0.29, 0.717) is 13.0 Å². The van der Waals surface area contributed by atoms with E-state index in [1.807, 2.05) is 0 Å². The second-order valence-electron chi connectivity index (χ2n) is 6.07. The van der Waals surface area contributed by atoms with Crippen LogP contribution in [-0.4, -0.2) is 50.6 Å². The standard InChI is InChI=1S/C16H31N3O2/c1-5-17-16(18-11-10-15(20)21-4)19(3)12-14-8-6-13(2)7-9-14/h13-14H,5-12H2,1-4H3,(H,17,18). The molecule has 1 rings (SSSR count). The molecule has 0 bridgehead atoms. The molecule has 21 heavy (non-hydrogen) atoms. The first-order chi connectivity index (χ1) is 10.1. The topological polar surface area (TPSA) is 53.9 Å². The van der Waals surface area contributed by atoms with Gasteiger partial charge in [-0.15, -0.1) is 0 Å². The van der Waals surface area contributed by atoms with Crippen LogP contribution in [0.3, 0.4) is 0 Å². The second kappa shape index (κ2) is 9.64. The molecule has 0 radical (unpaired) electrons. The van der Waals surface area contributed by atoms with E-state index in [1.165, 1.54) is 32.8 Å². The molecular formula is C16H31N3O2. The van der Waals surface area contributed by atoms with Crippen molar-refractivity contribution in [1.82, 2.24) is 10.2 Å². The third-order valence-corrected chi connectivity index (χ3v) is 4.17. The van der Waals surface area contributed by atoms with Crippen LogP contribution in [0, 0.1) is 11.8 Å². The van der Waals surface area contributed by atoms with Crippen LogP contribution < -0.4 is 5.32 Å². The maximum absolute atomic E-state index is 11.1. The Morgan fingerprint density at radius 1 is 1.33 bits per heavy atom. The van der Waals surface area contributed by atoms with Crippen molar-refractivity contribution in [2.45, 2.75) is 46.0 Å². The van der Waals surface area contributed by atoms with E-state index in [4.69, 9.17) is 0 Å². The van der Waals surface area contributed by atoms with E-state index >= 15 is 0 Å². The van der Waals surface area contributed by atoms with Crippen molar-refractivity contribution in [3.63, 3.8) is 0 Å². The third kappa shape index (κ3) is 6.82. The molecule has 0 heterocycles. The molecule has 0 aromatic carbocycles. The van der Waals surface area contributed by atoms with Crippen molar-refractivity contribution in [2.75, 3.05) is 33.8 Å². The summed E-state index contributed by atoms with van der Waals surface area (Å²) in [4.78, 5) is 17.9. The molecule has 0 amide bonds. The number of guanidine groups is 1. The number of carbonyl (C=O) groups excluding carboxylic acids is 1. The van der Waals surface area contributed by atoms with Gasteiger partial charge in [0.1, 0.15) is 0 Å². The van der Waals surface area contributed by atoms with Crippen molar-refractivity contribution in [3.8, 4) is 0 Å². The lowest BCUT2D eigenvalue weighted by Crippen LogP contribution is -2.42. The van der Waals surface area contributed by atoms with E-state index in [0.717, 1.165) is 30.9 Å². The van der Waals surface area contributed by atoms with Crippen molar-refractivity contribution in [1.29, 1.82) is 0 Å². The minimum absolute atomic E-state index is 0.210. The van der Waals surface area contributed by atoms with Gasteiger partial charge in [-0.2, -0.15) is 0 Å². The number of aliphatic imine (C=N–C) groups is 1. The predicted molar refractivity (Wildman–Crippen MR) is 86.4 cm³/mol. The number of nitrogens with zero attached hydrogens (tertiary/aromatic N) is 2. The van der Waals surface area contributed by atoms with E-state index in [-0.39, 0.29) is 5.97 Å². The lowest BCUT2D eigenvalue weighted by Gasteiger charge is -2.31. The minimum Gasteiger partial charge on any atom is -0.469 e. The fourth-order valence-corrected chi connectivity index (χ4v) is 2.81. The van der Waals surface area contributed by atoms with E-state index < -0.39 is 0 Å². The van der Waals surface area contributed by atoms with Crippen LogP contribution in [0.2, 0.25) is 0 Å². The Labute approximate surface area is 129 Å². The molecule has 0 unspecified atom stereocenters. The number of nitrogens with one attached hydrogen (secondary N) is 1. The number of carbonyl (C=O) groups is 1. The molecule has 0 aliphatic heterocycles. The van der Waals surface area contributed by atoms with E-state index in [1.54, 1.807) is 0 Å². The molecule has 1 aliphatic rings. The molecule has 1 fully saturated rings. The first-order valence-corrected chi connectivity index (χ1v) is 8.13. The van der Waals surface area contributed by atoms with Gasteiger partial charge in [0.25, 0.3) is 0 Å². The summed E-state index contributed by atoms with van der Waals surface area (Å²) in [6, 6.07) is 0. The average Bonchev–Trinajstić information content (AvgIpc) is 2.48. The van der Waals surface area contributed by atoms with Gasteiger partial charge < -0.3 is 15.0 Å². The molecule has 0 aromatic heterocycles. The number of hydrogen-bond donors (Lipinski definition) is 1. The fourth-order valence-electron chi connectivity index (χ4n) is 2.81. The molecule has 1 saturated carbocycles. The summed E-state index contributed by atoms with van der Waals surface area (Å²) >= 11 is 0. The van der Waals surface area contributed by atoms with Crippen molar-refractivity contribution < 1.29 is 9.53 Å². The predicted octanol–water partition coefficient (Wildman–Crippen LogP) is 2.27. The highest BCUT2D eigenvalue weighted by Crippen LogP contribution is 2.28. The lowest BCUT2D eigenvalue weighted by molar-refractivity contribution is -0.140. The van der Waals surface area contributed by atoms with Crippen LogP contribution in [0.4, 0.5) is 0 Å². The van der Waals surface area contributed by atoms with Crippen LogP contribution >= 0.6 is 0 Å². The Bertz CT molecular complexity index is 336. The quantitative estimate of drug-likeness (QED) is 0.464. The van der Waals surface area contributed by atoms with Crippen molar-refractivity contribution in [2.24, 2.45) is 16.8 Å². The molecule has 0 saturated heterocycles. The highest BCUT2D eigenvalue weighted by atomic mass is 16.5. The average molecular weight is 297 g/mol. The van der Waals surface area contributed by atoms with E-state index in [2.05, 4.69) is 40.8 Å². The molecular weight excluding hydrogens is 266 g/mol. The highest BCUT2D eigenvalue weighted by molar-refractivity contribution is 5.80. The summed E-state index contributed by atoms with van der Waals surface area (Å²) in [7, 11) is 3.49. The van der Waals surface area contributed by atoms with Gasteiger partial charge in [-0.05, 0) is 31.6 Å². The number of methoxy groups -OCH3 is 1. The first kappa shape index (κ1) is 17.8. The largest absolute Gasteiger partial charge is 0.469 e. The van der Waals surface area contributed by atoms with Gasteiger partial charge in [-0.3, -0.25) is 9.79 Å². The zero-order chi connectivity index (χ0) is 15.7. The Hall–Kier alpha value is -1.26. The molecule has 122 valence electrons. The Kier molecular flexibility index (Phi) is 8.16. The maximum Gasteiger partial charge on any atom is 0.307 e. The summed E-state index contributed by atoms with van der Waals surface area (Å²) in [6.45, 7) is 6.76. The molecule has 1 aliphatic carbocycles. The van der Waals surface area contributed by atoms with Gasteiger partial charge >= 0.3 is 5.97 Å². The zero-order valence-electron chi connectivity index (χ0n) is 14.0. The minimum atomic E-state index is -0.210. The number of rotatable bonds is 6. The van der Waals surface area contributed by atoms with Gasteiger partial charge in [0, 0.05) is 20.1 Å². The van der Waals surface area contributed by atoms with Crippen LogP contribution in [-0.2, 0) is 9.53 Å². The number of ether oxygens (including phenoxy) is 1. The van der Waals surface area contributed by atoms with Crippen LogP contribution in [0.25, 0.3) is 0 Å². The molecule has 5 nitrogen and oxygen atoms in total. The summed E-state index contributed by atoms with van der Waals surface area (Å²) < 4.78 is 4.64. The zero-order valence-corrected chi connectivity index (χ0v) is 14.0. The van der Waals surface area contributed by atoms with Gasteiger partial charge in [0.05, 0.1) is 20.1 Å². The van der Waals surface area contributed by atoms with Crippen LogP contribution in [0.15, 0.2) is 4.99 Å². The molecule has 0 atom stereocenters. The SMILES string of the molecule is CCNC(=NCCC(=O)OC)N(C)CC1CCC(C)CC1. The maximum atomic E-state index is 11.1. The number of hydrogen-bond acceptors (Lipinski definition) is 3. The Balaban J connectivity index is 2.46. The summed E-state index contributed by atoms with van der Waals surface area (Å²) in [6.07, 6.45) is 5.64. The van der Waals surface area contributed by atoms with Gasteiger partial charge in [-0.1, -0.05) is 19.8 Å². The molecule has 5 heteroatoms. The fraction of sp³-hybridized carbons (Fsp3) is 0.875. The summed E-state index contributed by atoms with van der Waals surface area (Å²) in [5.41, 5.74) is 0. The highest BCUT2D eigenvalue weighted by Gasteiger charge is 2.20. The lowest BCUT2D eigenvalue weighted by atomic mass is 9.83. The smallest absolute Gasteiger partial charge is 0.307 e. The summed E-state index contributed by atoms with van der Waals surface area (Å²) in [5, 5.41) is 3.30. The molecule has 1 N–H and O–H groups in total. The summed E-state index contributed by atoms with van der Waals surface area (Å²) in [5.74, 6) is 2.32.